The highest BCUT2D eigenvalue weighted by Crippen LogP contribution is 2.15. The molecule has 0 fully saturated rings. The third kappa shape index (κ3) is 4.23. The monoisotopic (exact) mass is 238 g/mol. The predicted octanol–water partition coefficient (Wildman–Crippen LogP) is 2.09. The molecular weight excluding hydrogens is 216 g/mol. The molecule has 1 rings (SSSR count). The minimum Gasteiger partial charge on any atom is -0.468 e. The predicted molar refractivity (Wildman–Crippen MR) is 67.6 cm³/mol. The van der Waals surface area contributed by atoms with E-state index >= 15 is 0 Å². The van der Waals surface area contributed by atoms with Crippen molar-refractivity contribution in [3.05, 3.63) is 24.2 Å². The summed E-state index contributed by atoms with van der Waals surface area (Å²) in [6, 6.07) is 3.62. The van der Waals surface area contributed by atoms with Crippen LogP contribution in [0.15, 0.2) is 22.8 Å². The summed E-state index contributed by atoms with van der Waals surface area (Å²) in [5, 5.41) is 5.98. The number of likely N-dealkylation sites (N-methyl/N-ethyl adjacent to an activating group) is 1. The summed E-state index contributed by atoms with van der Waals surface area (Å²) >= 11 is 0. The zero-order valence-electron chi connectivity index (χ0n) is 11.0. The first-order chi connectivity index (χ1) is 8.04. The Hall–Kier alpha value is -1.29. The lowest BCUT2D eigenvalue weighted by Gasteiger charge is -2.22. The van der Waals surface area contributed by atoms with Crippen molar-refractivity contribution in [1.29, 1.82) is 0 Å². The molecule has 0 aliphatic heterocycles. The van der Waals surface area contributed by atoms with Crippen molar-refractivity contribution in [1.82, 2.24) is 10.6 Å². The Morgan fingerprint density at radius 1 is 1.41 bits per heavy atom. The van der Waals surface area contributed by atoms with Crippen LogP contribution in [0.3, 0.4) is 0 Å². The molecule has 0 radical (unpaired) electrons. The van der Waals surface area contributed by atoms with Gasteiger partial charge in [0, 0.05) is 7.05 Å². The van der Waals surface area contributed by atoms with Crippen molar-refractivity contribution >= 4 is 5.91 Å². The number of rotatable bonds is 6. The van der Waals surface area contributed by atoms with E-state index in [2.05, 4.69) is 24.5 Å². The van der Waals surface area contributed by atoms with Gasteiger partial charge in [0.2, 0.25) is 5.91 Å². The average molecular weight is 238 g/mol. The lowest BCUT2D eigenvalue weighted by atomic mass is 10.0. The van der Waals surface area contributed by atoms with E-state index in [1.54, 1.807) is 13.3 Å². The molecule has 2 unspecified atom stereocenters. The molecule has 2 atom stereocenters. The Kier molecular flexibility index (Phi) is 5.22. The molecule has 1 amide bonds. The Morgan fingerprint density at radius 2 is 2.12 bits per heavy atom. The van der Waals surface area contributed by atoms with Crippen molar-refractivity contribution in [3.63, 3.8) is 0 Å². The number of hydrogen-bond donors (Lipinski definition) is 2. The van der Waals surface area contributed by atoms with Gasteiger partial charge < -0.3 is 9.73 Å². The maximum atomic E-state index is 11.7. The van der Waals surface area contributed by atoms with Crippen molar-refractivity contribution in [2.24, 2.45) is 5.92 Å². The molecule has 1 aromatic rings. The van der Waals surface area contributed by atoms with Crippen molar-refractivity contribution in [2.75, 3.05) is 7.05 Å². The third-order valence-electron chi connectivity index (χ3n) is 2.69. The standard InChI is InChI=1S/C13H22N2O2/c1-9(2)8-11(13(16)14-4)15-10(3)12-6-5-7-17-12/h5-7,9-11,15H,8H2,1-4H3,(H,14,16). The number of carbonyl (C=O) groups is 1. The lowest BCUT2D eigenvalue weighted by Crippen LogP contribution is -2.44. The molecule has 4 heteroatoms. The number of amides is 1. The van der Waals surface area contributed by atoms with Gasteiger partial charge in [0.1, 0.15) is 5.76 Å². The van der Waals surface area contributed by atoms with Gasteiger partial charge in [-0.2, -0.15) is 0 Å². The van der Waals surface area contributed by atoms with Gasteiger partial charge in [-0.1, -0.05) is 13.8 Å². The molecule has 0 aliphatic rings. The van der Waals surface area contributed by atoms with Gasteiger partial charge in [0.05, 0.1) is 18.3 Å². The molecule has 0 aliphatic carbocycles. The largest absolute Gasteiger partial charge is 0.468 e. The Morgan fingerprint density at radius 3 is 2.59 bits per heavy atom. The molecule has 0 spiro atoms. The molecule has 2 N–H and O–H groups in total. The molecule has 17 heavy (non-hydrogen) atoms. The summed E-state index contributed by atoms with van der Waals surface area (Å²) in [5.74, 6) is 1.34. The van der Waals surface area contributed by atoms with E-state index < -0.39 is 0 Å². The number of carbonyl (C=O) groups excluding carboxylic acids is 1. The van der Waals surface area contributed by atoms with Gasteiger partial charge in [-0.25, -0.2) is 0 Å². The number of furan rings is 1. The second kappa shape index (κ2) is 6.45. The maximum Gasteiger partial charge on any atom is 0.236 e. The van der Waals surface area contributed by atoms with Gasteiger partial charge in [0.25, 0.3) is 0 Å². The minimum absolute atomic E-state index is 0.0251. The van der Waals surface area contributed by atoms with Crippen LogP contribution >= 0.6 is 0 Å². The van der Waals surface area contributed by atoms with Crippen LogP contribution in [-0.4, -0.2) is 19.0 Å². The molecule has 1 heterocycles. The first-order valence-electron chi connectivity index (χ1n) is 6.05. The van der Waals surface area contributed by atoms with Crippen LogP contribution in [0.25, 0.3) is 0 Å². The van der Waals surface area contributed by atoms with Crippen molar-refractivity contribution in [3.8, 4) is 0 Å². The Bertz CT molecular complexity index is 333. The zero-order valence-corrected chi connectivity index (χ0v) is 11.0. The van der Waals surface area contributed by atoms with Gasteiger partial charge in [-0.05, 0) is 31.4 Å². The maximum absolute atomic E-state index is 11.7. The number of nitrogens with one attached hydrogen (secondary N) is 2. The van der Waals surface area contributed by atoms with E-state index in [9.17, 15) is 4.79 Å². The Labute approximate surface area is 103 Å². The summed E-state index contributed by atoms with van der Waals surface area (Å²) in [4.78, 5) is 11.7. The molecule has 4 nitrogen and oxygen atoms in total. The molecule has 0 bridgehead atoms. The number of hydrogen-bond acceptors (Lipinski definition) is 3. The molecule has 0 aromatic carbocycles. The van der Waals surface area contributed by atoms with E-state index in [1.807, 2.05) is 19.1 Å². The summed E-state index contributed by atoms with van der Waals surface area (Å²) in [6.45, 7) is 6.21. The first kappa shape index (κ1) is 13.8. The van der Waals surface area contributed by atoms with E-state index in [1.165, 1.54) is 0 Å². The normalized spacial score (nSPS) is 14.6. The van der Waals surface area contributed by atoms with Gasteiger partial charge in [-0.15, -0.1) is 0 Å². The molecule has 96 valence electrons. The highest BCUT2D eigenvalue weighted by atomic mass is 16.3. The quantitative estimate of drug-likeness (QED) is 0.798. The summed E-state index contributed by atoms with van der Waals surface area (Å²) in [6.07, 6.45) is 2.45. The minimum atomic E-state index is -0.180. The fourth-order valence-corrected chi connectivity index (χ4v) is 1.82. The van der Waals surface area contributed by atoms with E-state index in [-0.39, 0.29) is 18.0 Å². The molecular formula is C13H22N2O2. The van der Waals surface area contributed by atoms with Crippen molar-refractivity contribution < 1.29 is 9.21 Å². The molecule has 1 aromatic heterocycles. The second-order valence-corrected chi connectivity index (χ2v) is 4.70. The zero-order chi connectivity index (χ0) is 12.8. The van der Waals surface area contributed by atoms with E-state index in [0.717, 1.165) is 12.2 Å². The van der Waals surface area contributed by atoms with Crippen LogP contribution in [0, 0.1) is 5.92 Å². The first-order valence-corrected chi connectivity index (χ1v) is 6.05. The van der Waals surface area contributed by atoms with Gasteiger partial charge in [0.15, 0.2) is 0 Å². The highest BCUT2D eigenvalue weighted by Gasteiger charge is 2.21. The smallest absolute Gasteiger partial charge is 0.236 e. The van der Waals surface area contributed by atoms with Gasteiger partial charge in [-0.3, -0.25) is 10.1 Å². The van der Waals surface area contributed by atoms with Crippen LogP contribution in [0.2, 0.25) is 0 Å². The van der Waals surface area contributed by atoms with Crippen LogP contribution < -0.4 is 10.6 Å². The topological polar surface area (TPSA) is 54.3 Å². The van der Waals surface area contributed by atoms with E-state index in [0.29, 0.717) is 5.92 Å². The summed E-state index contributed by atoms with van der Waals surface area (Å²) in [7, 11) is 1.66. The highest BCUT2D eigenvalue weighted by molar-refractivity contribution is 5.81. The fraction of sp³-hybridized carbons (Fsp3) is 0.615. The van der Waals surface area contributed by atoms with Crippen LogP contribution in [-0.2, 0) is 4.79 Å². The molecule has 0 saturated heterocycles. The van der Waals surface area contributed by atoms with Gasteiger partial charge >= 0.3 is 0 Å². The summed E-state index contributed by atoms with van der Waals surface area (Å²) < 4.78 is 5.32. The summed E-state index contributed by atoms with van der Waals surface area (Å²) in [5.41, 5.74) is 0. The molecule has 0 saturated carbocycles. The second-order valence-electron chi connectivity index (χ2n) is 4.70. The average Bonchev–Trinajstić information content (AvgIpc) is 2.79. The lowest BCUT2D eigenvalue weighted by molar-refractivity contribution is -0.123. The van der Waals surface area contributed by atoms with Crippen molar-refractivity contribution in [2.45, 2.75) is 39.3 Å². The fourth-order valence-electron chi connectivity index (χ4n) is 1.82. The Balaban J connectivity index is 2.62. The SMILES string of the molecule is CNC(=O)C(CC(C)C)NC(C)c1ccco1. The van der Waals surface area contributed by atoms with Crippen LogP contribution in [0.5, 0.6) is 0 Å². The van der Waals surface area contributed by atoms with Crippen LogP contribution in [0.1, 0.15) is 39.0 Å². The third-order valence-corrected chi connectivity index (χ3v) is 2.69. The van der Waals surface area contributed by atoms with E-state index in [4.69, 9.17) is 4.42 Å². The van der Waals surface area contributed by atoms with Crippen LogP contribution in [0.4, 0.5) is 0 Å².